The van der Waals surface area contributed by atoms with E-state index >= 15 is 0 Å². The van der Waals surface area contributed by atoms with E-state index < -0.39 is 0 Å². The van der Waals surface area contributed by atoms with Crippen molar-refractivity contribution in [2.45, 2.75) is 31.6 Å². The SMILES string of the molecule is CC(C)(CNCC1CCOc2ccccc21)c1cccs1. The summed E-state index contributed by atoms with van der Waals surface area (Å²) < 4.78 is 5.73. The van der Waals surface area contributed by atoms with Gasteiger partial charge in [0.25, 0.3) is 0 Å². The van der Waals surface area contributed by atoms with Crippen molar-refractivity contribution in [3.8, 4) is 5.75 Å². The van der Waals surface area contributed by atoms with Gasteiger partial charge in [0.05, 0.1) is 6.61 Å². The molecule has 1 unspecified atom stereocenters. The first-order valence-electron chi connectivity index (χ1n) is 7.63. The van der Waals surface area contributed by atoms with Gasteiger partial charge in [-0.2, -0.15) is 0 Å². The highest BCUT2D eigenvalue weighted by molar-refractivity contribution is 7.10. The summed E-state index contributed by atoms with van der Waals surface area (Å²) in [6, 6.07) is 12.8. The highest BCUT2D eigenvalue weighted by Crippen LogP contribution is 2.33. The topological polar surface area (TPSA) is 21.3 Å². The largest absolute Gasteiger partial charge is 0.493 e. The van der Waals surface area contributed by atoms with Crippen molar-refractivity contribution in [2.75, 3.05) is 19.7 Å². The number of hydrogen-bond acceptors (Lipinski definition) is 3. The predicted octanol–water partition coefficient (Wildman–Crippen LogP) is 4.18. The summed E-state index contributed by atoms with van der Waals surface area (Å²) >= 11 is 1.84. The fourth-order valence-electron chi connectivity index (χ4n) is 2.94. The molecule has 0 spiro atoms. The number of thiophene rings is 1. The number of hydrogen-bond donors (Lipinski definition) is 1. The smallest absolute Gasteiger partial charge is 0.122 e. The summed E-state index contributed by atoms with van der Waals surface area (Å²) in [4.78, 5) is 1.45. The average molecular weight is 301 g/mol. The zero-order chi connectivity index (χ0) is 14.7. The van der Waals surface area contributed by atoms with E-state index in [1.165, 1.54) is 10.4 Å². The Morgan fingerprint density at radius 2 is 2.10 bits per heavy atom. The van der Waals surface area contributed by atoms with Crippen LogP contribution in [0.4, 0.5) is 0 Å². The zero-order valence-corrected chi connectivity index (χ0v) is 13.6. The van der Waals surface area contributed by atoms with Crippen molar-refractivity contribution < 1.29 is 4.74 Å². The van der Waals surface area contributed by atoms with Crippen molar-refractivity contribution in [1.29, 1.82) is 0 Å². The first-order chi connectivity index (χ1) is 10.2. The predicted molar refractivity (Wildman–Crippen MR) is 89.5 cm³/mol. The second kappa shape index (κ2) is 6.20. The molecule has 2 aromatic rings. The van der Waals surface area contributed by atoms with Crippen LogP contribution in [0.1, 0.15) is 36.6 Å². The zero-order valence-electron chi connectivity index (χ0n) is 12.8. The minimum atomic E-state index is 0.193. The number of para-hydroxylation sites is 1. The molecule has 112 valence electrons. The standard InChI is InChI=1S/C18H23NOS/c1-18(2,17-8-5-11-21-17)13-19-12-14-9-10-20-16-7-4-3-6-15(14)16/h3-8,11,14,19H,9-10,12-13H2,1-2H3. The maximum absolute atomic E-state index is 5.73. The molecule has 21 heavy (non-hydrogen) atoms. The van der Waals surface area contributed by atoms with Crippen molar-refractivity contribution in [3.05, 3.63) is 52.2 Å². The summed E-state index contributed by atoms with van der Waals surface area (Å²) in [5.74, 6) is 1.63. The summed E-state index contributed by atoms with van der Waals surface area (Å²) in [5, 5.41) is 5.83. The average Bonchev–Trinajstić information content (AvgIpc) is 3.02. The quantitative estimate of drug-likeness (QED) is 0.894. The normalized spacial score (nSPS) is 18.1. The first-order valence-corrected chi connectivity index (χ1v) is 8.51. The maximum Gasteiger partial charge on any atom is 0.122 e. The molecule has 0 bridgehead atoms. The Labute approximate surface area is 131 Å². The van der Waals surface area contributed by atoms with Gasteiger partial charge in [0.2, 0.25) is 0 Å². The Morgan fingerprint density at radius 3 is 2.90 bits per heavy atom. The molecular formula is C18H23NOS. The highest BCUT2D eigenvalue weighted by Gasteiger charge is 2.24. The molecular weight excluding hydrogens is 278 g/mol. The van der Waals surface area contributed by atoms with E-state index in [0.29, 0.717) is 5.92 Å². The lowest BCUT2D eigenvalue weighted by Crippen LogP contribution is -2.35. The van der Waals surface area contributed by atoms with Gasteiger partial charge in [-0.05, 0) is 29.5 Å². The third kappa shape index (κ3) is 3.30. The van der Waals surface area contributed by atoms with Gasteiger partial charge < -0.3 is 10.1 Å². The molecule has 1 aromatic carbocycles. The second-order valence-electron chi connectivity index (χ2n) is 6.36. The lowest BCUT2D eigenvalue weighted by atomic mass is 9.90. The lowest BCUT2D eigenvalue weighted by Gasteiger charge is -2.29. The summed E-state index contributed by atoms with van der Waals surface area (Å²) in [7, 11) is 0. The second-order valence-corrected chi connectivity index (χ2v) is 7.31. The molecule has 1 aromatic heterocycles. The van der Waals surface area contributed by atoms with Gasteiger partial charge in [0, 0.05) is 29.3 Å². The van der Waals surface area contributed by atoms with Gasteiger partial charge in [-0.25, -0.2) is 0 Å². The number of benzene rings is 1. The Balaban J connectivity index is 1.59. The Bertz CT molecular complexity index is 577. The summed E-state index contributed by atoms with van der Waals surface area (Å²) in [5.41, 5.74) is 1.55. The number of nitrogens with one attached hydrogen (secondary N) is 1. The highest BCUT2D eigenvalue weighted by atomic mass is 32.1. The van der Waals surface area contributed by atoms with Crippen molar-refractivity contribution >= 4 is 11.3 Å². The van der Waals surface area contributed by atoms with Gasteiger partial charge in [-0.15, -0.1) is 11.3 Å². The van der Waals surface area contributed by atoms with Crippen LogP contribution in [0, 0.1) is 0 Å². The fourth-order valence-corrected chi connectivity index (χ4v) is 3.79. The fraction of sp³-hybridized carbons (Fsp3) is 0.444. The van der Waals surface area contributed by atoms with E-state index in [4.69, 9.17) is 4.74 Å². The molecule has 1 aliphatic rings. The first kappa shape index (κ1) is 14.6. The molecule has 0 aliphatic carbocycles. The van der Waals surface area contributed by atoms with Crippen molar-refractivity contribution in [2.24, 2.45) is 0 Å². The Hall–Kier alpha value is -1.32. The van der Waals surface area contributed by atoms with Crippen LogP contribution in [0.5, 0.6) is 5.75 Å². The van der Waals surface area contributed by atoms with Crippen LogP contribution in [0.25, 0.3) is 0 Å². The van der Waals surface area contributed by atoms with E-state index in [1.807, 2.05) is 11.3 Å². The third-order valence-electron chi connectivity index (χ3n) is 4.23. The summed E-state index contributed by atoms with van der Waals surface area (Å²) in [6.07, 6.45) is 1.10. The molecule has 1 aliphatic heterocycles. The molecule has 0 fully saturated rings. The maximum atomic E-state index is 5.73. The molecule has 1 N–H and O–H groups in total. The van der Waals surface area contributed by atoms with Crippen molar-refractivity contribution in [3.63, 3.8) is 0 Å². The van der Waals surface area contributed by atoms with E-state index in [1.54, 1.807) is 0 Å². The van der Waals surface area contributed by atoms with Crippen LogP contribution in [-0.4, -0.2) is 19.7 Å². The van der Waals surface area contributed by atoms with E-state index in [2.05, 4.69) is 60.9 Å². The van der Waals surface area contributed by atoms with Gasteiger partial charge in [0.15, 0.2) is 0 Å². The van der Waals surface area contributed by atoms with Crippen LogP contribution in [-0.2, 0) is 5.41 Å². The monoisotopic (exact) mass is 301 g/mol. The molecule has 3 heteroatoms. The lowest BCUT2D eigenvalue weighted by molar-refractivity contribution is 0.263. The Kier molecular flexibility index (Phi) is 4.32. The molecule has 2 nitrogen and oxygen atoms in total. The molecule has 0 radical (unpaired) electrons. The third-order valence-corrected chi connectivity index (χ3v) is 5.46. The van der Waals surface area contributed by atoms with Gasteiger partial charge in [-0.1, -0.05) is 38.1 Å². The molecule has 0 amide bonds. The molecule has 1 atom stereocenters. The number of ether oxygens (including phenoxy) is 1. The Morgan fingerprint density at radius 1 is 1.24 bits per heavy atom. The van der Waals surface area contributed by atoms with E-state index in [0.717, 1.165) is 31.9 Å². The van der Waals surface area contributed by atoms with Gasteiger partial charge >= 0.3 is 0 Å². The van der Waals surface area contributed by atoms with E-state index in [9.17, 15) is 0 Å². The summed E-state index contributed by atoms with van der Waals surface area (Å²) in [6.45, 7) is 7.48. The van der Waals surface area contributed by atoms with Crippen LogP contribution >= 0.6 is 11.3 Å². The van der Waals surface area contributed by atoms with Crippen molar-refractivity contribution in [1.82, 2.24) is 5.32 Å². The number of rotatable bonds is 5. The minimum Gasteiger partial charge on any atom is -0.493 e. The van der Waals surface area contributed by atoms with Crippen LogP contribution in [0.15, 0.2) is 41.8 Å². The van der Waals surface area contributed by atoms with E-state index in [-0.39, 0.29) is 5.41 Å². The molecule has 0 saturated heterocycles. The van der Waals surface area contributed by atoms with Crippen LogP contribution in [0.3, 0.4) is 0 Å². The molecule has 2 heterocycles. The minimum absolute atomic E-state index is 0.193. The molecule has 3 rings (SSSR count). The van der Waals surface area contributed by atoms with Crippen LogP contribution < -0.4 is 10.1 Å². The van der Waals surface area contributed by atoms with Gasteiger partial charge in [-0.3, -0.25) is 0 Å². The number of fused-ring (bicyclic) bond motifs is 1. The van der Waals surface area contributed by atoms with Gasteiger partial charge in [0.1, 0.15) is 5.75 Å². The molecule has 0 saturated carbocycles. The van der Waals surface area contributed by atoms with Crippen LogP contribution in [0.2, 0.25) is 0 Å².